The van der Waals surface area contributed by atoms with Gasteiger partial charge in [-0.25, -0.2) is 0 Å². The van der Waals surface area contributed by atoms with Gasteiger partial charge in [-0.2, -0.15) is 0 Å². The molecule has 0 aliphatic carbocycles. The first kappa shape index (κ1) is 11.0. The van der Waals surface area contributed by atoms with Crippen molar-refractivity contribution >= 4 is 0 Å². The molecule has 0 radical (unpaired) electrons. The SMILES string of the molecule is C=C(CO)[C@@H](O)CCc1ccccc1. The van der Waals surface area contributed by atoms with Crippen molar-refractivity contribution in [2.75, 3.05) is 6.61 Å². The van der Waals surface area contributed by atoms with Crippen molar-refractivity contribution in [3.05, 3.63) is 48.0 Å². The van der Waals surface area contributed by atoms with Crippen LogP contribution in [0.25, 0.3) is 0 Å². The number of hydrogen-bond donors (Lipinski definition) is 2. The zero-order valence-electron chi connectivity index (χ0n) is 8.19. The lowest BCUT2D eigenvalue weighted by molar-refractivity contribution is 0.179. The van der Waals surface area contributed by atoms with Crippen molar-refractivity contribution in [1.82, 2.24) is 0 Å². The van der Waals surface area contributed by atoms with E-state index >= 15 is 0 Å². The van der Waals surface area contributed by atoms with Crippen LogP contribution in [0.1, 0.15) is 12.0 Å². The fourth-order valence-corrected chi connectivity index (χ4v) is 1.26. The third kappa shape index (κ3) is 3.32. The van der Waals surface area contributed by atoms with Crippen LogP contribution >= 0.6 is 0 Å². The number of aryl methyl sites for hydroxylation is 1. The van der Waals surface area contributed by atoms with Crippen LogP contribution in [0.3, 0.4) is 0 Å². The molecule has 2 nitrogen and oxygen atoms in total. The van der Waals surface area contributed by atoms with Gasteiger partial charge in [-0.1, -0.05) is 36.9 Å². The molecule has 76 valence electrons. The minimum atomic E-state index is -0.597. The van der Waals surface area contributed by atoms with Gasteiger partial charge >= 0.3 is 0 Å². The van der Waals surface area contributed by atoms with Gasteiger partial charge in [0.25, 0.3) is 0 Å². The van der Waals surface area contributed by atoms with E-state index in [9.17, 15) is 5.11 Å². The van der Waals surface area contributed by atoms with Crippen LogP contribution in [0.15, 0.2) is 42.5 Å². The van der Waals surface area contributed by atoms with Crippen LogP contribution in [0.2, 0.25) is 0 Å². The van der Waals surface area contributed by atoms with E-state index in [1.54, 1.807) is 0 Å². The predicted molar refractivity (Wildman–Crippen MR) is 57.0 cm³/mol. The molecule has 1 aromatic rings. The molecule has 0 bridgehead atoms. The summed E-state index contributed by atoms with van der Waals surface area (Å²) in [5, 5.41) is 18.3. The quantitative estimate of drug-likeness (QED) is 0.694. The Labute approximate surface area is 84.5 Å². The molecule has 0 saturated heterocycles. The Hall–Kier alpha value is -1.12. The van der Waals surface area contributed by atoms with Gasteiger partial charge in [0.05, 0.1) is 12.7 Å². The Kier molecular flexibility index (Phi) is 4.36. The Morgan fingerprint density at radius 1 is 1.29 bits per heavy atom. The summed E-state index contributed by atoms with van der Waals surface area (Å²) in [5.74, 6) is 0. The summed E-state index contributed by atoms with van der Waals surface area (Å²) in [6.07, 6.45) is 0.824. The lowest BCUT2D eigenvalue weighted by Gasteiger charge is -2.11. The minimum absolute atomic E-state index is 0.143. The highest BCUT2D eigenvalue weighted by Gasteiger charge is 2.07. The molecule has 0 spiro atoms. The summed E-state index contributed by atoms with van der Waals surface area (Å²) < 4.78 is 0. The van der Waals surface area contributed by atoms with Gasteiger partial charge in [0, 0.05) is 0 Å². The van der Waals surface area contributed by atoms with Gasteiger partial charge in [0.15, 0.2) is 0 Å². The summed E-state index contributed by atoms with van der Waals surface area (Å²) >= 11 is 0. The lowest BCUT2D eigenvalue weighted by Crippen LogP contribution is -2.13. The number of rotatable bonds is 5. The van der Waals surface area contributed by atoms with Crippen molar-refractivity contribution in [2.24, 2.45) is 0 Å². The molecule has 14 heavy (non-hydrogen) atoms. The maximum Gasteiger partial charge on any atom is 0.0772 e. The fraction of sp³-hybridized carbons (Fsp3) is 0.333. The van der Waals surface area contributed by atoms with Crippen LogP contribution in [-0.2, 0) is 6.42 Å². The van der Waals surface area contributed by atoms with Gasteiger partial charge in [0.2, 0.25) is 0 Å². The molecule has 0 amide bonds. The van der Waals surface area contributed by atoms with Crippen molar-refractivity contribution in [3.8, 4) is 0 Å². The normalized spacial score (nSPS) is 12.4. The maximum atomic E-state index is 9.52. The average Bonchev–Trinajstić information content (AvgIpc) is 2.26. The molecule has 2 N–H and O–H groups in total. The molecule has 1 atom stereocenters. The maximum absolute atomic E-state index is 9.52. The zero-order chi connectivity index (χ0) is 10.4. The minimum Gasteiger partial charge on any atom is -0.392 e. The Morgan fingerprint density at radius 3 is 2.50 bits per heavy atom. The van der Waals surface area contributed by atoms with E-state index in [0.717, 1.165) is 6.42 Å². The molecule has 0 aromatic heterocycles. The highest BCUT2D eigenvalue weighted by molar-refractivity contribution is 5.15. The number of benzene rings is 1. The van der Waals surface area contributed by atoms with Crippen molar-refractivity contribution in [1.29, 1.82) is 0 Å². The largest absolute Gasteiger partial charge is 0.392 e. The highest BCUT2D eigenvalue weighted by atomic mass is 16.3. The smallest absolute Gasteiger partial charge is 0.0772 e. The van der Waals surface area contributed by atoms with Crippen LogP contribution in [0.4, 0.5) is 0 Å². The van der Waals surface area contributed by atoms with Crippen molar-refractivity contribution in [3.63, 3.8) is 0 Å². The molecular formula is C12H16O2. The number of hydrogen-bond acceptors (Lipinski definition) is 2. The van der Waals surface area contributed by atoms with E-state index in [2.05, 4.69) is 6.58 Å². The summed E-state index contributed by atoms with van der Waals surface area (Å²) in [7, 11) is 0. The second-order valence-electron chi connectivity index (χ2n) is 3.36. The summed E-state index contributed by atoms with van der Waals surface area (Å²) in [4.78, 5) is 0. The molecule has 0 aliphatic heterocycles. The third-order valence-corrected chi connectivity index (χ3v) is 2.22. The van der Waals surface area contributed by atoms with E-state index in [-0.39, 0.29) is 6.61 Å². The zero-order valence-corrected chi connectivity index (χ0v) is 8.19. The number of aliphatic hydroxyl groups is 2. The molecule has 2 heteroatoms. The molecule has 0 unspecified atom stereocenters. The average molecular weight is 192 g/mol. The summed E-state index contributed by atoms with van der Waals surface area (Å²) in [6, 6.07) is 9.96. The van der Waals surface area contributed by atoms with Crippen LogP contribution in [-0.4, -0.2) is 22.9 Å². The van der Waals surface area contributed by atoms with Gasteiger partial charge in [-0.05, 0) is 24.0 Å². The molecule has 0 fully saturated rings. The van der Waals surface area contributed by atoms with Crippen LogP contribution in [0.5, 0.6) is 0 Å². The third-order valence-electron chi connectivity index (χ3n) is 2.22. The van der Waals surface area contributed by atoms with E-state index in [4.69, 9.17) is 5.11 Å². The lowest BCUT2D eigenvalue weighted by atomic mass is 10.0. The van der Waals surface area contributed by atoms with E-state index < -0.39 is 6.10 Å². The molecular weight excluding hydrogens is 176 g/mol. The van der Waals surface area contributed by atoms with E-state index in [1.807, 2.05) is 30.3 Å². The van der Waals surface area contributed by atoms with Gasteiger partial charge < -0.3 is 10.2 Å². The van der Waals surface area contributed by atoms with Crippen molar-refractivity contribution in [2.45, 2.75) is 18.9 Å². The second-order valence-corrected chi connectivity index (χ2v) is 3.36. The van der Waals surface area contributed by atoms with Crippen LogP contribution < -0.4 is 0 Å². The first-order valence-corrected chi connectivity index (χ1v) is 4.74. The molecule has 0 aliphatic rings. The Bertz CT molecular complexity index is 280. The molecule has 1 aromatic carbocycles. The van der Waals surface area contributed by atoms with Gasteiger partial charge in [-0.3, -0.25) is 0 Å². The number of aliphatic hydroxyl groups excluding tert-OH is 2. The topological polar surface area (TPSA) is 40.5 Å². The Morgan fingerprint density at radius 2 is 1.93 bits per heavy atom. The van der Waals surface area contributed by atoms with Gasteiger partial charge in [-0.15, -0.1) is 0 Å². The van der Waals surface area contributed by atoms with E-state index in [1.165, 1.54) is 5.56 Å². The first-order chi connectivity index (χ1) is 6.74. The second kappa shape index (κ2) is 5.58. The van der Waals surface area contributed by atoms with Crippen LogP contribution in [0, 0.1) is 0 Å². The van der Waals surface area contributed by atoms with Gasteiger partial charge in [0.1, 0.15) is 0 Å². The van der Waals surface area contributed by atoms with Crippen molar-refractivity contribution < 1.29 is 10.2 Å². The fourth-order valence-electron chi connectivity index (χ4n) is 1.26. The molecule has 0 saturated carbocycles. The monoisotopic (exact) mass is 192 g/mol. The predicted octanol–water partition coefficient (Wildman–Crippen LogP) is 1.53. The summed E-state index contributed by atoms with van der Waals surface area (Å²) in [6.45, 7) is 3.44. The molecule has 1 rings (SSSR count). The van der Waals surface area contributed by atoms with E-state index in [0.29, 0.717) is 12.0 Å². The highest BCUT2D eigenvalue weighted by Crippen LogP contribution is 2.09. The molecule has 0 heterocycles. The first-order valence-electron chi connectivity index (χ1n) is 4.74. The summed E-state index contributed by atoms with van der Waals surface area (Å²) in [5.41, 5.74) is 1.68. The standard InChI is InChI=1S/C12H16O2/c1-10(9-13)12(14)8-7-11-5-3-2-4-6-11/h2-6,12-14H,1,7-9H2/t12-/m0/s1. The Balaban J connectivity index is 2.38.